The highest BCUT2D eigenvalue weighted by Crippen LogP contribution is 2.50. The summed E-state index contributed by atoms with van der Waals surface area (Å²) in [5.74, 6) is 2.85. The molecule has 4 nitrogen and oxygen atoms in total. The number of hydrogen-bond acceptors (Lipinski definition) is 3. The van der Waals surface area contributed by atoms with E-state index in [0.29, 0.717) is 18.4 Å². The average Bonchev–Trinajstić information content (AvgIpc) is 2.78. The van der Waals surface area contributed by atoms with Gasteiger partial charge in [0, 0.05) is 19.2 Å². The number of esters is 1. The van der Waals surface area contributed by atoms with Crippen LogP contribution in [0.3, 0.4) is 0 Å². The highest BCUT2D eigenvalue weighted by atomic mass is 16.5. The first kappa shape index (κ1) is 12.4. The van der Waals surface area contributed by atoms with E-state index >= 15 is 0 Å². The summed E-state index contributed by atoms with van der Waals surface area (Å²) >= 11 is 0. The lowest BCUT2D eigenvalue weighted by atomic mass is 9.89. The van der Waals surface area contributed by atoms with Crippen LogP contribution in [0.1, 0.15) is 43.6 Å². The molecule has 4 rings (SSSR count). The monoisotopic (exact) mass is 274 g/mol. The third-order valence-corrected chi connectivity index (χ3v) is 5.57. The molecule has 0 radical (unpaired) electrons. The maximum absolute atomic E-state index is 12.1. The predicted octanol–water partition coefficient (Wildman–Crippen LogP) is 2.50. The van der Waals surface area contributed by atoms with Crippen molar-refractivity contribution in [2.45, 2.75) is 38.0 Å². The molecule has 1 aromatic rings. The summed E-state index contributed by atoms with van der Waals surface area (Å²) < 4.78 is 7.39. The van der Waals surface area contributed by atoms with Crippen molar-refractivity contribution in [2.24, 2.45) is 30.7 Å². The highest BCUT2D eigenvalue weighted by molar-refractivity contribution is 5.77. The fourth-order valence-corrected chi connectivity index (χ4v) is 4.33. The van der Waals surface area contributed by atoms with Crippen LogP contribution in [0, 0.1) is 23.7 Å². The molecule has 108 valence electrons. The van der Waals surface area contributed by atoms with Gasteiger partial charge in [-0.15, -0.1) is 0 Å². The summed E-state index contributed by atoms with van der Waals surface area (Å²) in [7, 11) is 1.91. The second-order valence-corrected chi connectivity index (χ2v) is 6.96. The Labute approximate surface area is 119 Å². The molecule has 2 bridgehead atoms. The number of carbonyl (C=O) groups excluding carboxylic acids is 1. The molecule has 3 aliphatic rings. The van der Waals surface area contributed by atoms with Gasteiger partial charge in [0.2, 0.25) is 0 Å². The normalized spacial score (nSPS) is 38.1. The third-order valence-electron chi connectivity index (χ3n) is 5.57. The maximum Gasteiger partial charge on any atom is 0.309 e. The molecular weight excluding hydrogens is 252 g/mol. The van der Waals surface area contributed by atoms with Crippen LogP contribution >= 0.6 is 0 Å². The maximum atomic E-state index is 12.1. The molecule has 3 aliphatic carbocycles. The average molecular weight is 274 g/mol. The Hall–Kier alpha value is -1.32. The topological polar surface area (TPSA) is 44.1 Å². The summed E-state index contributed by atoms with van der Waals surface area (Å²) in [6.45, 7) is 0.663. The molecule has 3 fully saturated rings. The van der Waals surface area contributed by atoms with Crippen molar-refractivity contribution < 1.29 is 9.53 Å². The standard InChI is InChI=1S/C16H22N2O2/c1-18-8-13(7-17-18)14-6-15(14)16(19)20-9-12-5-10-2-3-11(12)4-10/h7-8,10-12,14-15H,2-6,9H2,1H3/t10-,11-,12+,14-,15+/m0/s1. The minimum absolute atomic E-state index is 0.0154. The lowest BCUT2D eigenvalue weighted by molar-refractivity contribution is -0.147. The lowest BCUT2D eigenvalue weighted by Crippen LogP contribution is -2.20. The van der Waals surface area contributed by atoms with E-state index in [9.17, 15) is 4.79 Å². The van der Waals surface area contributed by atoms with Crippen molar-refractivity contribution in [2.75, 3.05) is 6.61 Å². The van der Waals surface area contributed by atoms with E-state index in [0.717, 1.165) is 18.3 Å². The van der Waals surface area contributed by atoms with Crippen molar-refractivity contribution in [1.29, 1.82) is 0 Å². The Morgan fingerprint density at radius 3 is 2.95 bits per heavy atom. The molecule has 4 heteroatoms. The van der Waals surface area contributed by atoms with E-state index in [1.807, 2.05) is 19.4 Å². The predicted molar refractivity (Wildman–Crippen MR) is 74.0 cm³/mol. The van der Waals surface area contributed by atoms with Gasteiger partial charge in [0.15, 0.2) is 0 Å². The molecule has 1 aromatic heterocycles. The summed E-state index contributed by atoms with van der Waals surface area (Å²) in [6, 6.07) is 0. The first-order chi connectivity index (χ1) is 9.70. The largest absolute Gasteiger partial charge is 0.465 e. The smallest absolute Gasteiger partial charge is 0.309 e. The van der Waals surface area contributed by atoms with Gasteiger partial charge in [-0.25, -0.2) is 0 Å². The van der Waals surface area contributed by atoms with Crippen LogP contribution in [0.4, 0.5) is 0 Å². The Balaban J connectivity index is 1.27. The Morgan fingerprint density at radius 2 is 2.30 bits per heavy atom. The van der Waals surface area contributed by atoms with Crippen LogP contribution in [0.25, 0.3) is 0 Å². The molecule has 0 amide bonds. The zero-order chi connectivity index (χ0) is 13.7. The Bertz CT molecular complexity index is 524. The summed E-state index contributed by atoms with van der Waals surface area (Å²) in [4.78, 5) is 12.1. The first-order valence-corrected chi connectivity index (χ1v) is 7.86. The second kappa shape index (κ2) is 4.61. The van der Waals surface area contributed by atoms with Crippen LogP contribution in [-0.4, -0.2) is 22.4 Å². The van der Waals surface area contributed by atoms with Gasteiger partial charge in [-0.05, 0) is 49.0 Å². The van der Waals surface area contributed by atoms with Crippen LogP contribution in [-0.2, 0) is 16.6 Å². The van der Waals surface area contributed by atoms with Gasteiger partial charge in [-0.2, -0.15) is 5.10 Å². The summed E-state index contributed by atoms with van der Waals surface area (Å²) in [6.07, 6.45) is 10.2. The van der Waals surface area contributed by atoms with Gasteiger partial charge in [0.25, 0.3) is 0 Å². The molecule has 3 saturated carbocycles. The van der Waals surface area contributed by atoms with E-state index < -0.39 is 0 Å². The number of carbonyl (C=O) groups is 1. The van der Waals surface area contributed by atoms with E-state index in [2.05, 4.69) is 5.10 Å². The quantitative estimate of drug-likeness (QED) is 0.792. The molecule has 0 aliphatic heterocycles. The number of nitrogens with zero attached hydrogens (tertiary/aromatic N) is 2. The third kappa shape index (κ3) is 2.15. The molecule has 0 spiro atoms. The molecule has 5 atom stereocenters. The van der Waals surface area contributed by atoms with Crippen LogP contribution in [0.2, 0.25) is 0 Å². The molecule has 1 heterocycles. The van der Waals surface area contributed by atoms with Crippen molar-refractivity contribution in [3.8, 4) is 0 Å². The SMILES string of the molecule is Cn1cc([C@@H]2C[C@H]2C(=O)OC[C@H]2C[C@H]3CC[C@H]2C3)cn1. The van der Waals surface area contributed by atoms with Crippen LogP contribution in [0.15, 0.2) is 12.4 Å². The zero-order valence-corrected chi connectivity index (χ0v) is 12.0. The minimum atomic E-state index is 0.0154. The fraction of sp³-hybridized carbons (Fsp3) is 0.750. The van der Waals surface area contributed by atoms with E-state index in [-0.39, 0.29) is 11.9 Å². The summed E-state index contributed by atoms with van der Waals surface area (Å²) in [5.41, 5.74) is 1.18. The summed E-state index contributed by atoms with van der Waals surface area (Å²) in [5, 5.41) is 4.17. The first-order valence-electron chi connectivity index (χ1n) is 7.86. The molecule has 20 heavy (non-hydrogen) atoms. The van der Waals surface area contributed by atoms with Gasteiger partial charge < -0.3 is 4.74 Å². The van der Waals surface area contributed by atoms with E-state index in [1.165, 1.54) is 31.2 Å². The highest BCUT2D eigenvalue weighted by Gasteiger charge is 2.46. The Morgan fingerprint density at radius 1 is 1.40 bits per heavy atom. The second-order valence-electron chi connectivity index (χ2n) is 6.96. The number of fused-ring (bicyclic) bond motifs is 2. The van der Waals surface area contributed by atoms with Crippen molar-refractivity contribution in [1.82, 2.24) is 9.78 Å². The number of aryl methyl sites for hydroxylation is 1. The molecule has 0 aromatic carbocycles. The number of hydrogen-bond donors (Lipinski definition) is 0. The van der Waals surface area contributed by atoms with Crippen LogP contribution in [0.5, 0.6) is 0 Å². The van der Waals surface area contributed by atoms with Crippen molar-refractivity contribution in [3.05, 3.63) is 18.0 Å². The van der Waals surface area contributed by atoms with Gasteiger partial charge in [-0.1, -0.05) is 6.42 Å². The van der Waals surface area contributed by atoms with E-state index in [4.69, 9.17) is 4.74 Å². The number of ether oxygens (including phenoxy) is 1. The van der Waals surface area contributed by atoms with Gasteiger partial charge in [0.1, 0.15) is 0 Å². The lowest BCUT2D eigenvalue weighted by Gasteiger charge is -2.21. The number of aromatic nitrogens is 2. The van der Waals surface area contributed by atoms with Crippen molar-refractivity contribution in [3.63, 3.8) is 0 Å². The minimum Gasteiger partial charge on any atom is -0.465 e. The van der Waals surface area contributed by atoms with Gasteiger partial charge in [-0.3, -0.25) is 9.48 Å². The van der Waals surface area contributed by atoms with Gasteiger partial charge in [0.05, 0.1) is 18.7 Å². The molecule has 0 saturated heterocycles. The molecular formula is C16H22N2O2. The molecule has 0 unspecified atom stereocenters. The fourth-order valence-electron chi connectivity index (χ4n) is 4.33. The number of rotatable bonds is 4. The molecule has 0 N–H and O–H groups in total. The zero-order valence-electron chi connectivity index (χ0n) is 12.0. The Kier molecular flexibility index (Phi) is 2.86. The van der Waals surface area contributed by atoms with Crippen LogP contribution < -0.4 is 0 Å². The van der Waals surface area contributed by atoms with Gasteiger partial charge >= 0.3 is 5.97 Å². The van der Waals surface area contributed by atoms with Crippen molar-refractivity contribution >= 4 is 5.97 Å². The van der Waals surface area contributed by atoms with E-state index in [1.54, 1.807) is 4.68 Å².